The van der Waals surface area contributed by atoms with Gasteiger partial charge in [0.2, 0.25) is 0 Å². The van der Waals surface area contributed by atoms with Gasteiger partial charge in [0.15, 0.2) is 0 Å². The monoisotopic (exact) mass is 267 g/mol. The molecule has 0 radical (unpaired) electrons. The molecule has 2 rings (SSSR count). The third-order valence-electron chi connectivity index (χ3n) is 2.74. The lowest BCUT2D eigenvalue weighted by atomic mass is 9.87. The second-order valence-electron chi connectivity index (χ2n) is 5.73. The van der Waals surface area contributed by atoms with E-state index in [1.165, 1.54) is 18.4 Å². The minimum Gasteiger partial charge on any atom is -0.333 e. The van der Waals surface area contributed by atoms with Crippen molar-refractivity contribution >= 4 is 11.8 Å². The van der Waals surface area contributed by atoms with Gasteiger partial charge in [-0.1, -0.05) is 65.0 Å². The molecule has 1 heterocycles. The Hall–Kier alpha value is -0.470. The lowest BCUT2D eigenvalue weighted by molar-refractivity contribution is 0.590. The van der Waals surface area contributed by atoms with Crippen LogP contribution in [-0.2, 0) is 5.41 Å². The van der Waals surface area contributed by atoms with Crippen LogP contribution in [0.4, 0.5) is 0 Å². The molecular formula is C16H29NS. The van der Waals surface area contributed by atoms with E-state index in [4.69, 9.17) is 0 Å². The van der Waals surface area contributed by atoms with Crippen molar-refractivity contribution in [1.29, 1.82) is 0 Å². The molecule has 104 valence electrons. The van der Waals surface area contributed by atoms with Crippen molar-refractivity contribution in [3.63, 3.8) is 0 Å². The van der Waals surface area contributed by atoms with E-state index in [1.54, 1.807) is 0 Å². The fourth-order valence-corrected chi connectivity index (χ4v) is 2.26. The number of hydrogen-bond donors (Lipinski definition) is 1. The van der Waals surface area contributed by atoms with E-state index in [2.05, 4.69) is 82.4 Å². The molecule has 1 fully saturated rings. The predicted octanol–water partition coefficient (Wildman–Crippen LogP) is 4.32. The maximum Gasteiger partial charge on any atom is 0.0161 e. The first kappa shape index (κ1) is 17.5. The summed E-state index contributed by atoms with van der Waals surface area (Å²) in [7, 11) is 1.50. The van der Waals surface area contributed by atoms with Crippen LogP contribution in [0, 0.1) is 5.92 Å². The van der Waals surface area contributed by atoms with Crippen LogP contribution in [0.1, 0.15) is 40.2 Å². The zero-order valence-electron chi connectivity index (χ0n) is 12.7. The number of nitrogens with two attached hydrogens (primary N) is 1. The molecule has 2 heteroatoms. The molecule has 1 nitrogen and oxygen atoms in total. The van der Waals surface area contributed by atoms with E-state index in [0.717, 1.165) is 11.2 Å². The molecule has 1 aromatic rings. The number of benzene rings is 1. The van der Waals surface area contributed by atoms with Crippen molar-refractivity contribution in [1.82, 2.24) is 0 Å². The highest BCUT2D eigenvalue weighted by Gasteiger charge is 2.25. The first-order chi connectivity index (χ1) is 8.41. The van der Waals surface area contributed by atoms with Gasteiger partial charge in [-0.3, -0.25) is 0 Å². The summed E-state index contributed by atoms with van der Waals surface area (Å²) in [6.07, 6.45) is 0. The highest BCUT2D eigenvalue weighted by molar-refractivity contribution is 8.06. The molecule has 1 aliphatic heterocycles. The molecule has 0 aliphatic carbocycles. The van der Waals surface area contributed by atoms with E-state index in [9.17, 15) is 0 Å². The van der Waals surface area contributed by atoms with Gasteiger partial charge >= 0.3 is 0 Å². The second kappa shape index (κ2) is 8.60. The number of thioether (sulfide) groups is 1. The Kier molecular flexibility index (Phi) is 8.38. The average Bonchev–Trinajstić information content (AvgIpc) is 3.16. The van der Waals surface area contributed by atoms with Gasteiger partial charge in [0, 0.05) is 11.0 Å². The molecular weight excluding hydrogens is 238 g/mol. The van der Waals surface area contributed by atoms with Crippen molar-refractivity contribution in [3.05, 3.63) is 35.9 Å². The summed E-state index contributed by atoms with van der Waals surface area (Å²) in [6.45, 7) is 11.2. The Labute approximate surface area is 118 Å². The summed E-state index contributed by atoms with van der Waals surface area (Å²) >= 11 is 2.08. The van der Waals surface area contributed by atoms with Gasteiger partial charge < -0.3 is 5.73 Å². The van der Waals surface area contributed by atoms with E-state index in [1.807, 2.05) is 0 Å². The van der Waals surface area contributed by atoms with Crippen LogP contribution in [0.3, 0.4) is 0 Å². The summed E-state index contributed by atoms with van der Waals surface area (Å²) < 4.78 is 0. The molecule has 1 atom stereocenters. The van der Waals surface area contributed by atoms with Crippen LogP contribution in [0.5, 0.6) is 0 Å². The summed E-state index contributed by atoms with van der Waals surface area (Å²) in [5.41, 5.74) is 6.19. The Balaban J connectivity index is 0.000000308. The van der Waals surface area contributed by atoms with Crippen LogP contribution >= 0.6 is 11.8 Å². The molecule has 0 aromatic heterocycles. The van der Waals surface area contributed by atoms with Crippen LogP contribution in [0.25, 0.3) is 0 Å². The van der Waals surface area contributed by atoms with Gasteiger partial charge in [-0.2, -0.15) is 11.8 Å². The third-order valence-corrected chi connectivity index (χ3v) is 4.01. The fraction of sp³-hybridized carbons (Fsp3) is 0.625. The number of hydrogen-bond acceptors (Lipinski definition) is 2. The summed E-state index contributed by atoms with van der Waals surface area (Å²) in [6, 6.07) is 10.6. The topological polar surface area (TPSA) is 26.0 Å². The molecule has 1 saturated heterocycles. The van der Waals surface area contributed by atoms with E-state index >= 15 is 0 Å². The van der Waals surface area contributed by atoms with Crippen LogP contribution < -0.4 is 5.73 Å². The van der Waals surface area contributed by atoms with Crippen molar-refractivity contribution in [2.45, 2.75) is 45.3 Å². The Morgan fingerprint density at radius 1 is 1.11 bits per heavy atom. The molecule has 0 spiro atoms. The van der Waals surface area contributed by atoms with Gasteiger partial charge in [0.05, 0.1) is 0 Å². The normalized spacial score (nSPS) is 17.2. The minimum absolute atomic E-state index is 0.293. The Bertz CT molecular complexity index is 297. The summed E-state index contributed by atoms with van der Waals surface area (Å²) in [5, 5.41) is 1.02. The lowest BCUT2D eigenvalue weighted by Gasteiger charge is -2.18. The van der Waals surface area contributed by atoms with E-state index in [-0.39, 0.29) is 0 Å². The van der Waals surface area contributed by atoms with Gasteiger partial charge in [-0.25, -0.2) is 0 Å². The standard InChI is InChI=1S/C10H14.C5H10S.CH5N/c1-10(2,3)9-7-5-4-6-8-9;1-4(2)5-3-6-5;1-2/h4-8H,1-3H3;4-5H,3H2,1-2H3;2H2,1H3. The number of rotatable bonds is 1. The van der Waals surface area contributed by atoms with Gasteiger partial charge in [-0.15, -0.1) is 0 Å². The van der Waals surface area contributed by atoms with Crippen molar-refractivity contribution in [3.8, 4) is 0 Å². The SMILES string of the molecule is CC(C)(C)c1ccccc1.CC(C)C1CS1.CN. The van der Waals surface area contributed by atoms with Crippen LogP contribution in [0.2, 0.25) is 0 Å². The molecule has 18 heavy (non-hydrogen) atoms. The summed E-state index contributed by atoms with van der Waals surface area (Å²) in [4.78, 5) is 0. The first-order valence-electron chi connectivity index (χ1n) is 6.66. The quantitative estimate of drug-likeness (QED) is 0.767. The summed E-state index contributed by atoms with van der Waals surface area (Å²) in [5.74, 6) is 2.34. The van der Waals surface area contributed by atoms with Gasteiger partial charge in [0.1, 0.15) is 0 Å². The minimum atomic E-state index is 0.293. The van der Waals surface area contributed by atoms with Crippen molar-refractivity contribution in [2.24, 2.45) is 11.7 Å². The molecule has 0 amide bonds. The lowest BCUT2D eigenvalue weighted by Crippen LogP contribution is -2.10. The molecule has 1 aromatic carbocycles. The smallest absolute Gasteiger partial charge is 0.0161 e. The Morgan fingerprint density at radius 2 is 1.56 bits per heavy atom. The largest absolute Gasteiger partial charge is 0.333 e. The van der Waals surface area contributed by atoms with Crippen LogP contribution in [0.15, 0.2) is 30.3 Å². The first-order valence-corrected chi connectivity index (χ1v) is 7.71. The Morgan fingerprint density at radius 3 is 1.72 bits per heavy atom. The zero-order valence-corrected chi connectivity index (χ0v) is 13.6. The van der Waals surface area contributed by atoms with Gasteiger partial charge in [0.25, 0.3) is 0 Å². The molecule has 0 saturated carbocycles. The molecule has 1 unspecified atom stereocenters. The van der Waals surface area contributed by atoms with Crippen LogP contribution in [-0.4, -0.2) is 18.1 Å². The second-order valence-corrected chi connectivity index (χ2v) is 7.00. The fourth-order valence-electron chi connectivity index (χ4n) is 1.38. The molecule has 1 aliphatic rings. The third kappa shape index (κ3) is 7.78. The van der Waals surface area contributed by atoms with Crippen molar-refractivity contribution in [2.75, 3.05) is 12.8 Å². The zero-order chi connectivity index (χ0) is 14.2. The van der Waals surface area contributed by atoms with E-state index < -0.39 is 0 Å². The molecule has 2 N–H and O–H groups in total. The predicted molar refractivity (Wildman–Crippen MR) is 86.3 cm³/mol. The van der Waals surface area contributed by atoms with Gasteiger partial charge in [-0.05, 0) is 23.9 Å². The highest BCUT2D eigenvalue weighted by atomic mass is 32.2. The van der Waals surface area contributed by atoms with Crippen molar-refractivity contribution < 1.29 is 0 Å². The highest BCUT2D eigenvalue weighted by Crippen LogP contribution is 2.35. The maximum absolute atomic E-state index is 4.50. The maximum atomic E-state index is 4.50. The average molecular weight is 267 g/mol. The molecule has 0 bridgehead atoms. The van der Waals surface area contributed by atoms with E-state index in [0.29, 0.717) is 5.41 Å².